The zero-order chi connectivity index (χ0) is 26.1. The zero-order valence-electron chi connectivity index (χ0n) is 23.8. The maximum atomic E-state index is 6.08. The zero-order valence-corrected chi connectivity index (χ0v) is 24.7. The van der Waals surface area contributed by atoms with E-state index in [0.29, 0.717) is 23.9 Å². The van der Waals surface area contributed by atoms with Gasteiger partial charge < -0.3 is 24.3 Å². The highest BCUT2D eigenvalue weighted by molar-refractivity contribution is 5.85. The van der Waals surface area contributed by atoms with E-state index >= 15 is 0 Å². The van der Waals surface area contributed by atoms with E-state index in [1.165, 1.54) is 41.6 Å². The molecule has 2 aromatic carbocycles. The van der Waals surface area contributed by atoms with Crippen LogP contribution in [0.4, 0.5) is 0 Å². The number of methoxy groups -OCH3 is 3. The SMILES string of the molecule is CC[C@H]1CN2CCc3cc(OC)c(OC)cc3[C@@H]2C[C@@H]1C[C@H]1NCCc2cc(OC(C)C)c(OC)cc21.Cl. The average Bonchev–Trinajstić information content (AvgIpc) is 2.91. The summed E-state index contributed by atoms with van der Waals surface area (Å²) in [5, 5.41) is 3.86. The maximum Gasteiger partial charge on any atom is 0.161 e. The lowest BCUT2D eigenvalue weighted by Crippen LogP contribution is -2.46. The van der Waals surface area contributed by atoms with Crippen molar-refractivity contribution in [3.05, 3.63) is 46.5 Å². The highest BCUT2D eigenvalue weighted by Gasteiger charge is 2.40. The first-order valence-corrected chi connectivity index (χ1v) is 14.0. The van der Waals surface area contributed by atoms with E-state index in [2.05, 4.69) is 55.3 Å². The van der Waals surface area contributed by atoms with Crippen LogP contribution in [0, 0.1) is 11.8 Å². The molecule has 0 amide bonds. The van der Waals surface area contributed by atoms with E-state index < -0.39 is 0 Å². The van der Waals surface area contributed by atoms with Gasteiger partial charge in [0.15, 0.2) is 23.0 Å². The Kier molecular flexibility index (Phi) is 9.38. The molecule has 0 bridgehead atoms. The average molecular weight is 545 g/mol. The van der Waals surface area contributed by atoms with Gasteiger partial charge in [-0.1, -0.05) is 13.3 Å². The van der Waals surface area contributed by atoms with Crippen LogP contribution in [0.5, 0.6) is 23.0 Å². The van der Waals surface area contributed by atoms with Crippen LogP contribution in [0.2, 0.25) is 0 Å². The second-order valence-corrected chi connectivity index (χ2v) is 11.2. The summed E-state index contributed by atoms with van der Waals surface area (Å²) in [5.74, 6) is 4.73. The summed E-state index contributed by atoms with van der Waals surface area (Å²) in [6.07, 6.45) is 5.77. The first kappa shape index (κ1) is 28.8. The molecule has 210 valence electrons. The predicted octanol–water partition coefficient (Wildman–Crippen LogP) is 6.14. The van der Waals surface area contributed by atoms with Crippen LogP contribution >= 0.6 is 12.4 Å². The van der Waals surface area contributed by atoms with Gasteiger partial charge in [0, 0.05) is 25.2 Å². The van der Waals surface area contributed by atoms with Gasteiger partial charge in [0.25, 0.3) is 0 Å². The first-order valence-electron chi connectivity index (χ1n) is 14.0. The third-order valence-corrected chi connectivity index (χ3v) is 8.79. The Morgan fingerprint density at radius 1 is 0.868 bits per heavy atom. The van der Waals surface area contributed by atoms with Gasteiger partial charge >= 0.3 is 0 Å². The van der Waals surface area contributed by atoms with E-state index in [0.717, 1.165) is 55.4 Å². The topological polar surface area (TPSA) is 52.2 Å². The Morgan fingerprint density at radius 3 is 2.18 bits per heavy atom. The number of benzene rings is 2. The molecule has 5 rings (SSSR count). The molecule has 6 nitrogen and oxygen atoms in total. The van der Waals surface area contributed by atoms with E-state index in [9.17, 15) is 0 Å². The summed E-state index contributed by atoms with van der Waals surface area (Å²) in [7, 11) is 5.20. The third-order valence-electron chi connectivity index (χ3n) is 8.79. The molecule has 3 heterocycles. The number of nitrogens with one attached hydrogen (secondary N) is 1. The van der Waals surface area contributed by atoms with Gasteiger partial charge in [0.1, 0.15) is 0 Å². The summed E-state index contributed by atoms with van der Waals surface area (Å²) < 4.78 is 23.1. The van der Waals surface area contributed by atoms with Gasteiger partial charge in [-0.25, -0.2) is 0 Å². The summed E-state index contributed by atoms with van der Waals surface area (Å²) in [6.45, 7) is 9.79. The predicted molar refractivity (Wildman–Crippen MR) is 155 cm³/mol. The van der Waals surface area contributed by atoms with Crippen LogP contribution < -0.4 is 24.3 Å². The lowest BCUT2D eigenvalue weighted by Gasteiger charge is -2.48. The molecule has 0 unspecified atom stereocenters. The third kappa shape index (κ3) is 5.59. The molecule has 4 atom stereocenters. The first-order chi connectivity index (χ1) is 17.9. The Morgan fingerprint density at radius 2 is 1.50 bits per heavy atom. The monoisotopic (exact) mass is 544 g/mol. The molecule has 38 heavy (non-hydrogen) atoms. The number of hydrogen-bond acceptors (Lipinski definition) is 6. The fraction of sp³-hybridized carbons (Fsp3) is 0.613. The molecule has 0 aliphatic carbocycles. The minimum atomic E-state index is 0. The molecular weight excluding hydrogens is 500 g/mol. The minimum absolute atomic E-state index is 0. The molecular formula is C31H45ClN2O4. The summed E-state index contributed by atoms with van der Waals surface area (Å²) in [5.41, 5.74) is 5.62. The van der Waals surface area contributed by atoms with E-state index in [4.69, 9.17) is 18.9 Å². The summed E-state index contributed by atoms with van der Waals surface area (Å²) in [6, 6.07) is 9.67. The van der Waals surface area contributed by atoms with Crippen molar-refractivity contribution >= 4 is 12.4 Å². The number of fused-ring (bicyclic) bond motifs is 4. The van der Waals surface area contributed by atoms with Crippen LogP contribution in [-0.2, 0) is 12.8 Å². The van der Waals surface area contributed by atoms with Crippen LogP contribution in [0.3, 0.4) is 0 Å². The van der Waals surface area contributed by atoms with E-state index in [1.54, 1.807) is 21.3 Å². The van der Waals surface area contributed by atoms with Crippen molar-refractivity contribution < 1.29 is 18.9 Å². The Balaban J connectivity index is 0.00000336. The Labute approximate surface area is 234 Å². The Bertz CT molecular complexity index is 1110. The van der Waals surface area contributed by atoms with Crippen molar-refractivity contribution in [2.75, 3.05) is 41.0 Å². The molecule has 3 aliphatic heterocycles. The van der Waals surface area contributed by atoms with Crippen LogP contribution in [-0.4, -0.2) is 52.0 Å². The Hall–Kier alpha value is -2.15. The molecule has 7 heteroatoms. The number of piperidine rings is 1. The fourth-order valence-electron chi connectivity index (χ4n) is 6.92. The molecule has 0 saturated carbocycles. The second kappa shape index (κ2) is 12.4. The van der Waals surface area contributed by atoms with Gasteiger partial charge in [0.2, 0.25) is 0 Å². The van der Waals surface area contributed by atoms with Gasteiger partial charge in [-0.2, -0.15) is 0 Å². The van der Waals surface area contributed by atoms with Gasteiger partial charge in [-0.05, 0) is 104 Å². The molecule has 1 fully saturated rings. The molecule has 0 spiro atoms. The quantitative estimate of drug-likeness (QED) is 0.430. The lowest BCUT2D eigenvalue weighted by molar-refractivity contribution is 0.0434. The molecule has 2 aromatic rings. The molecule has 1 N–H and O–H groups in total. The number of hydrogen-bond donors (Lipinski definition) is 1. The maximum absolute atomic E-state index is 6.08. The van der Waals surface area contributed by atoms with Crippen LogP contribution in [0.15, 0.2) is 24.3 Å². The van der Waals surface area contributed by atoms with Crippen molar-refractivity contribution in [3.63, 3.8) is 0 Å². The van der Waals surface area contributed by atoms with Gasteiger partial charge in [-0.3, -0.25) is 4.90 Å². The molecule has 0 aromatic heterocycles. The fourth-order valence-corrected chi connectivity index (χ4v) is 6.92. The van der Waals surface area contributed by atoms with Crippen LogP contribution in [0.1, 0.15) is 74.4 Å². The van der Waals surface area contributed by atoms with Crippen molar-refractivity contribution in [2.24, 2.45) is 11.8 Å². The highest BCUT2D eigenvalue weighted by Crippen LogP contribution is 2.48. The van der Waals surface area contributed by atoms with Crippen molar-refractivity contribution in [2.45, 2.75) is 71.1 Å². The number of ether oxygens (including phenoxy) is 4. The van der Waals surface area contributed by atoms with E-state index in [1.807, 2.05) is 0 Å². The van der Waals surface area contributed by atoms with Crippen molar-refractivity contribution in [1.29, 1.82) is 0 Å². The summed E-state index contributed by atoms with van der Waals surface area (Å²) in [4.78, 5) is 2.72. The van der Waals surface area contributed by atoms with Crippen molar-refractivity contribution in [3.8, 4) is 23.0 Å². The molecule has 3 aliphatic rings. The number of rotatable bonds is 8. The number of nitrogens with zero attached hydrogens (tertiary/aromatic N) is 1. The van der Waals surface area contributed by atoms with Gasteiger partial charge in [-0.15, -0.1) is 12.4 Å². The van der Waals surface area contributed by atoms with Crippen molar-refractivity contribution in [1.82, 2.24) is 10.2 Å². The molecule has 0 radical (unpaired) electrons. The van der Waals surface area contributed by atoms with Crippen LogP contribution in [0.25, 0.3) is 0 Å². The van der Waals surface area contributed by atoms with Gasteiger partial charge in [0.05, 0.1) is 27.4 Å². The smallest absolute Gasteiger partial charge is 0.161 e. The highest BCUT2D eigenvalue weighted by atomic mass is 35.5. The normalized spacial score (nSPS) is 24.5. The molecule has 1 saturated heterocycles. The largest absolute Gasteiger partial charge is 0.493 e. The minimum Gasteiger partial charge on any atom is -0.493 e. The number of halogens is 1. The second-order valence-electron chi connectivity index (χ2n) is 11.2. The summed E-state index contributed by atoms with van der Waals surface area (Å²) >= 11 is 0. The van der Waals surface area contributed by atoms with E-state index in [-0.39, 0.29) is 18.5 Å². The standard InChI is InChI=1S/C31H44N2O4.ClH/c1-7-20-18-33-11-9-22-14-28(34-4)29(35-5)17-25(22)27(33)13-23(20)12-26-24-16-30(36-6)31(37-19(2)3)15-21(24)8-10-32-26;/h14-17,19-20,23,26-27,32H,7-13,18H2,1-6H3;1H/t20-,23-,26+,27-;/m0./s1. The lowest BCUT2D eigenvalue weighted by atomic mass is 9.72.